The summed E-state index contributed by atoms with van der Waals surface area (Å²) in [4.78, 5) is 17.5. The molecule has 4 rings (SSSR count). The van der Waals surface area contributed by atoms with Crippen molar-refractivity contribution in [2.24, 2.45) is 4.99 Å². The Labute approximate surface area is 147 Å². The number of hydrogen-bond donors (Lipinski definition) is 0. The van der Waals surface area contributed by atoms with Gasteiger partial charge < -0.3 is 14.4 Å². The molecule has 7 nitrogen and oxygen atoms in total. The highest BCUT2D eigenvalue weighted by Crippen LogP contribution is 2.43. The van der Waals surface area contributed by atoms with Crippen molar-refractivity contribution in [3.63, 3.8) is 0 Å². The zero-order chi connectivity index (χ0) is 16.9. The number of carbonyl (C=O) groups excluding carboxylic acids is 1. The maximum absolute atomic E-state index is 12.0. The summed E-state index contributed by atoms with van der Waals surface area (Å²) in [7, 11) is -3.10. The van der Waals surface area contributed by atoms with E-state index in [-0.39, 0.29) is 35.5 Å². The lowest BCUT2D eigenvalue weighted by molar-refractivity contribution is -0.115. The highest BCUT2D eigenvalue weighted by Gasteiger charge is 2.49. The first-order valence-electron chi connectivity index (χ1n) is 7.20. The van der Waals surface area contributed by atoms with Crippen LogP contribution in [0.4, 0.5) is 5.69 Å². The summed E-state index contributed by atoms with van der Waals surface area (Å²) in [6, 6.07) is 5.08. The zero-order valence-corrected chi connectivity index (χ0v) is 14.7. The number of amidine groups is 1. The molecule has 0 bridgehead atoms. The molecule has 0 N–H and O–H groups in total. The third-order valence-electron chi connectivity index (χ3n) is 4.04. The minimum absolute atomic E-state index is 0.0349. The number of halogens is 1. The molecule has 2 saturated heterocycles. The van der Waals surface area contributed by atoms with E-state index in [0.717, 1.165) is 5.69 Å². The van der Waals surface area contributed by atoms with Crippen molar-refractivity contribution >= 4 is 50.0 Å². The van der Waals surface area contributed by atoms with E-state index in [2.05, 4.69) is 4.99 Å². The van der Waals surface area contributed by atoms with Gasteiger partial charge in [-0.2, -0.15) is 4.99 Å². The van der Waals surface area contributed by atoms with Crippen LogP contribution < -0.4 is 14.4 Å². The maximum atomic E-state index is 12.0. The van der Waals surface area contributed by atoms with Crippen molar-refractivity contribution in [2.75, 3.05) is 29.1 Å². The normalized spacial score (nSPS) is 28.4. The SMILES string of the molecule is O=C(CCl)N=C1S[C@H]2CS(=O)(=O)C[C@@H]2N1c1ccc2c(c1)OCO2. The van der Waals surface area contributed by atoms with Crippen LogP contribution in [-0.4, -0.2) is 55.0 Å². The van der Waals surface area contributed by atoms with E-state index in [9.17, 15) is 13.2 Å². The lowest BCUT2D eigenvalue weighted by atomic mass is 10.2. The molecule has 2 atom stereocenters. The van der Waals surface area contributed by atoms with Gasteiger partial charge in [0.25, 0.3) is 5.91 Å². The van der Waals surface area contributed by atoms with E-state index >= 15 is 0 Å². The maximum Gasteiger partial charge on any atom is 0.262 e. The van der Waals surface area contributed by atoms with Crippen LogP contribution in [0.3, 0.4) is 0 Å². The van der Waals surface area contributed by atoms with Crippen LogP contribution >= 0.6 is 23.4 Å². The van der Waals surface area contributed by atoms with Gasteiger partial charge in [0.05, 0.1) is 17.5 Å². The van der Waals surface area contributed by atoms with E-state index in [1.54, 1.807) is 17.0 Å². The van der Waals surface area contributed by atoms with E-state index in [1.165, 1.54) is 11.8 Å². The number of benzene rings is 1. The van der Waals surface area contributed by atoms with Gasteiger partial charge >= 0.3 is 0 Å². The molecule has 24 heavy (non-hydrogen) atoms. The Bertz CT molecular complexity index is 842. The van der Waals surface area contributed by atoms with Gasteiger partial charge in [-0.15, -0.1) is 11.6 Å². The fourth-order valence-corrected chi connectivity index (χ4v) is 7.03. The van der Waals surface area contributed by atoms with Crippen LogP contribution in [0.25, 0.3) is 0 Å². The molecule has 3 aliphatic rings. The third-order valence-corrected chi connectivity index (χ3v) is 7.47. The van der Waals surface area contributed by atoms with Crippen LogP contribution in [0.2, 0.25) is 0 Å². The fraction of sp³-hybridized carbons (Fsp3) is 0.429. The lowest BCUT2D eigenvalue weighted by Gasteiger charge is -2.24. The molecular formula is C14H13ClN2O5S2. The molecule has 0 spiro atoms. The number of thioether (sulfide) groups is 1. The van der Waals surface area contributed by atoms with Crippen LogP contribution in [0.1, 0.15) is 0 Å². The molecule has 0 unspecified atom stereocenters. The van der Waals surface area contributed by atoms with Crippen molar-refractivity contribution in [2.45, 2.75) is 11.3 Å². The van der Waals surface area contributed by atoms with Crippen molar-refractivity contribution in [3.8, 4) is 11.5 Å². The van der Waals surface area contributed by atoms with E-state index in [0.29, 0.717) is 16.7 Å². The van der Waals surface area contributed by atoms with Gasteiger partial charge in [0.15, 0.2) is 26.5 Å². The first-order chi connectivity index (χ1) is 11.5. The lowest BCUT2D eigenvalue weighted by Crippen LogP contribution is -2.37. The van der Waals surface area contributed by atoms with Gasteiger partial charge in [0.1, 0.15) is 5.88 Å². The largest absolute Gasteiger partial charge is 0.454 e. The molecule has 0 saturated carbocycles. The van der Waals surface area contributed by atoms with Gasteiger partial charge in [0, 0.05) is 17.0 Å². The van der Waals surface area contributed by atoms with Gasteiger partial charge in [-0.3, -0.25) is 4.79 Å². The van der Waals surface area contributed by atoms with E-state index in [1.807, 2.05) is 6.07 Å². The minimum Gasteiger partial charge on any atom is -0.454 e. The summed E-state index contributed by atoms with van der Waals surface area (Å²) >= 11 is 6.86. The molecule has 0 aliphatic carbocycles. The number of amides is 1. The molecule has 2 fully saturated rings. The number of alkyl halides is 1. The first kappa shape index (κ1) is 16.0. The highest BCUT2D eigenvalue weighted by molar-refractivity contribution is 8.16. The standard InChI is InChI=1S/C14H13ClN2O5S2/c15-4-13(18)16-14-17(9-5-24(19,20)6-12(9)23-14)8-1-2-10-11(3-8)22-7-21-10/h1-3,9,12H,4-7H2/t9-,12-/m0/s1. The molecule has 10 heteroatoms. The summed E-state index contributed by atoms with van der Waals surface area (Å²) in [5, 5.41) is 0.326. The summed E-state index contributed by atoms with van der Waals surface area (Å²) in [6.07, 6.45) is 0. The van der Waals surface area contributed by atoms with E-state index < -0.39 is 15.7 Å². The molecule has 3 aliphatic heterocycles. The molecule has 0 radical (unpaired) electrons. The molecular weight excluding hydrogens is 376 g/mol. The molecule has 3 heterocycles. The quantitative estimate of drug-likeness (QED) is 0.705. The van der Waals surface area contributed by atoms with Crippen molar-refractivity contribution in [1.29, 1.82) is 0 Å². The van der Waals surface area contributed by atoms with Gasteiger partial charge in [-0.1, -0.05) is 11.8 Å². The number of carbonyl (C=O) groups is 1. The van der Waals surface area contributed by atoms with Gasteiger partial charge in [0.2, 0.25) is 6.79 Å². The number of sulfone groups is 1. The van der Waals surface area contributed by atoms with Crippen LogP contribution in [0, 0.1) is 0 Å². The number of anilines is 1. The van der Waals surface area contributed by atoms with Crippen LogP contribution in [-0.2, 0) is 14.6 Å². The Morgan fingerprint density at radius 3 is 2.92 bits per heavy atom. The topological polar surface area (TPSA) is 85.3 Å². The second kappa shape index (κ2) is 5.82. The second-order valence-electron chi connectivity index (χ2n) is 5.63. The Balaban J connectivity index is 1.75. The third kappa shape index (κ3) is 2.74. The number of nitrogens with zero attached hydrogens (tertiary/aromatic N) is 2. The fourth-order valence-electron chi connectivity index (χ4n) is 3.04. The van der Waals surface area contributed by atoms with Crippen molar-refractivity contribution in [1.82, 2.24) is 0 Å². The summed E-state index contributed by atoms with van der Waals surface area (Å²) in [6.45, 7) is 0.152. The smallest absolute Gasteiger partial charge is 0.262 e. The number of rotatable bonds is 2. The Morgan fingerprint density at radius 2 is 2.12 bits per heavy atom. The number of aliphatic imine (C=N–C) groups is 1. The Kier molecular flexibility index (Phi) is 3.89. The van der Waals surface area contributed by atoms with E-state index in [4.69, 9.17) is 21.1 Å². The second-order valence-corrected chi connectivity index (χ2v) is 9.26. The average Bonchev–Trinajstić information content (AvgIpc) is 3.18. The Morgan fingerprint density at radius 1 is 1.33 bits per heavy atom. The van der Waals surface area contributed by atoms with Gasteiger partial charge in [-0.25, -0.2) is 8.42 Å². The Hall–Kier alpha value is -1.45. The minimum atomic E-state index is -3.10. The monoisotopic (exact) mass is 388 g/mol. The van der Waals surface area contributed by atoms with Gasteiger partial charge in [-0.05, 0) is 12.1 Å². The highest BCUT2D eigenvalue weighted by atomic mass is 35.5. The summed E-state index contributed by atoms with van der Waals surface area (Å²) in [5.41, 5.74) is 0.720. The summed E-state index contributed by atoms with van der Waals surface area (Å²) in [5.74, 6) is 0.672. The van der Waals surface area contributed by atoms with Crippen molar-refractivity contribution in [3.05, 3.63) is 18.2 Å². The molecule has 128 valence electrons. The number of fused-ring (bicyclic) bond motifs is 2. The average molecular weight is 389 g/mol. The van der Waals surface area contributed by atoms with Crippen LogP contribution in [0.15, 0.2) is 23.2 Å². The molecule has 1 amide bonds. The number of ether oxygens (including phenoxy) is 2. The predicted molar refractivity (Wildman–Crippen MR) is 92.0 cm³/mol. The zero-order valence-electron chi connectivity index (χ0n) is 12.3. The molecule has 1 aromatic carbocycles. The molecule has 1 aromatic rings. The number of hydrogen-bond acceptors (Lipinski definition) is 6. The van der Waals surface area contributed by atoms with Crippen LogP contribution in [0.5, 0.6) is 11.5 Å². The van der Waals surface area contributed by atoms with Crippen molar-refractivity contribution < 1.29 is 22.7 Å². The first-order valence-corrected chi connectivity index (χ1v) is 10.4. The predicted octanol–water partition coefficient (Wildman–Crippen LogP) is 1.26. The summed E-state index contributed by atoms with van der Waals surface area (Å²) < 4.78 is 34.6. The molecule has 0 aromatic heterocycles.